The third kappa shape index (κ3) is 2.46. The second kappa shape index (κ2) is 5.27. The van der Waals surface area contributed by atoms with Gasteiger partial charge in [-0.1, -0.05) is 20.3 Å². The maximum Gasteiger partial charge on any atom is 0.0556 e. The molecule has 2 atom stereocenters. The van der Waals surface area contributed by atoms with Crippen molar-refractivity contribution in [1.29, 1.82) is 0 Å². The number of rotatable bonds is 5. The minimum absolute atomic E-state index is 0.305. The molecule has 0 aliphatic carbocycles. The molecule has 88 valence electrons. The van der Waals surface area contributed by atoms with Gasteiger partial charge in [0.1, 0.15) is 0 Å². The lowest BCUT2D eigenvalue weighted by Gasteiger charge is -2.17. The number of hydrazine groups is 1. The largest absolute Gasteiger partial charge is 0.271 e. The highest BCUT2D eigenvalue weighted by molar-refractivity contribution is 7.26. The molecule has 0 amide bonds. The van der Waals surface area contributed by atoms with Crippen molar-refractivity contribution in [3.8, 4) is 0 Å². The molecule has 0 saturated heterocycles. The maximum atomic E-state index is 5.66. The van der Waals surface area contributed by atoms with Crippen LogP contribution in [0.1, 0.15) is 37.6 Å². The van der Waals surface area contributed by atoms with E-state index in [9.17, 15) is 0 Å². The van der Waals surface area contributed by atoms with Gasteiger partial charge in [-0.25, -0.2) is 0 Å². The van der Waals surface area contributed by atoms with Crippen molar-refractivity contribution in [1.82, 2.24) is 5.43 Å². The van der Waals surface area contributed by atoms with E-state index in [1.54, 1.807) is 11.3 Å². The van der Waals surface area contributed by atoms with E-state index in [1.807, 2.05) is 11.3 Å². The van der Waals surface area contributed by atoms with E-state index in [0.717, 1.165) is 6.42 Å². The predicted octanol–water partition coefficient (Wildman–Crippen LogP) is 3.90. The summed E-state index contributed by atoms with van der Waals surface area (Å²) in [6.07, 6.45) is 2.32. The van der Waals surface area contributed by atoms with Crippen LogP contribution < -0.4 is 11.3 Å². The average molecular weight is 254 g/mol. The van der Waals surface area contributed by atoms with Gasteiger partial charge in [0.15, 0.2) is 0 Å². The van der Waals surface area contributed by atoms with Gasteiger partial charge in [-0.3, -0.25) is 11.3 Å². The van der Waals surface area contributed by atoms with Gasteiger partial charge in [0.05, 0.1) is 6.04 Å². The highest BCUT2D eigenvalue weighted by Gasteiger charge is 2.16. The monoisotopic (exact) mass is 254 g/mol. The molecular formula is C12H18N2S2. The molecule has 2 aromatic rings. The van der Waals surface area contributed by atoms with Crippen LogP contribution in [0.25, 0.3) is 9.40 Å². The molecule has 2 nitrogen and oxygen atoms in total. The van der Waals surface area contributed by atoms with Crippen molar-refractivity contribution in [2.24, 2.45) is 11.8 Å². The Morgan fingerprint density at radius 2 is 2.25 bits per heavy atom. The number of nitrogens with one attached hydrogen (secondary N) is 1. The van der Waals surface area contributed by atoms with Crippen LogP contribution in [0.2, 0.25) is 0 Å². The zero-order valence-corrected chi connectivity index (χ0v) is 11.3. The van der Waals surface area contributed by atoms with Crippen LogP contribution in [-0.4, -0.2) is 0 Å². The molecule has 2 rings (SSSR count). The van der Waals surface area contributed by atoms with Crippen LogP contribution in [0.5, 0.6) is 0 Å². The maximum absolute atomic E-state index is 5.66. The van der Waals surface area contributed by atoms with Crippen molar-refractivity contribution in [3.63, 3.8) is 0 Å². The van der Waals surface area contributed by atoms with E-state index < -0.39 is 0 Å². The number of hydrogen-bond donors (Lipinski definition) is 2. The molecule has 0 radical (unpaired) electrons. The Morgan fingerprint density at radius 1 is 1.44 bits per heavy atom. The zero-order chi connectivity index (χ0) is 11.5. The van der Waals surface area contributed by atoms with Gasteiger partial charge in [-0.2, -0.15) is 0 Å². The van der Waals surface area contributed by atoms with Gasteiger partial charge in [0, 0.05) is 14.3 Å². The number of fused-ring (bicyclic) bond motifs is 1. The normalized spacial score (nSPS) is 15.4. The van der Waals surface area contributed by atoms with Crippen molar-refractivity contribution in [2.45, 2.75) is 32.7 Å². The SMILES string of the molecule is CCC(C)CC(NN)c1cc2sccc2s1. The fourth-order valence-electron chi connectivity index (χ4n) is 1.79. The standard InChI is InChI=1S/C12H18N2S2/c1-3-8(2)6-9(14-13)11-7-12-10(16-11)4-5-15-12/h4-5,7-9,14H,3,6,13H2,1-2H3. The van der Waals surface area contributed by atoms with Crippen molar-refractivity contribution in [2.75, 3.05) is 0 Å². The topological polar surface area (TPSA) is 38.0 Å². The zero-order valence-electron chi connectivity index (χ0n) is 9.69. The molecule has 0 aromatic carbocycles. The Labute approximate surface area is 104 Å². The van der Waals surface area contributed by atoms with E-state index in [4.69, 9.17) is 5.84 Å². The van der Waals surface area contributed by atoms with Crippen LogP contribution in [0.3, 0.4) is 0 Å². The molecule has 16 heavy (non-hydrogen) atoms. The van der Waals surface area contributed by atoms with Gasteiger partial charge < -0.3 is 0 Å². The number of nitrogens with two attached hydrogens (primary N) is 1. The summed E-state index contributed by atoms with van der Waals surface area (Å²) in [6, 6.07) is 4.77. The lowest BCUT2D eigenvalue weighted by Crippen LogP contribution is -2.28. The minimum Gasteiger partial charge on any atom is -0.271 e. The molecule has 2 heterocycles. The first-order valence-electron chi connectivity index (χ1n) is 5.67. The summed E-state index contributed by atoms with van der Waals surface area (Å²) in [4.78, 5) is 1.37. The smallest absolute Gasteiger partial charge is 0.0556 e. The summed E-state index contributed by atoms with van der Waals surface area (Å²) in [7, 11) is 0. The summed E-state index contributed by atoms with van der Waals surface area (Å²) in [5.74, 6) is 6.37. The Kier molecular flexibility index (Phi) is 3.97. The van der Waals surface area contributed by atoms with Crippen molar-refractivity contribution in [3.05, 3.63) is 22.4 Å². The summed E-state index contributed by atoms with van der Waals surface area (Å²) in [5, 5.41) is 2.14. The number of thiophene rings is 2. The first-order valence-corrected chi connectivity index (χ1v) is 7.37. The molecule has 0 aliphatic heterocycles. The molecule has 2 unspecified atom stereocenters. The predicted molar refractivity (Wildman–Crippen MR) is 73.8 cm³/mol. The van der Waals surface area contributed by atoms with Gasteiger partial charge in [0.25, 0.3) is 0 Å². The summed E-state index contributed by atoms with van der Waals surface area (Å²) in [6.45, 7) is 4.51. The first kappa shape index (κ1) is 12.0. The molecular weight excluding hydrogens is 236 g/mol. The van der Waals surface area contributed by atoms with Crippen LogP contribution in [0, 0.1) is 5.92 Å². The molecule has 4 heteroatoms. The molecule has 0 bridgehead atoms. The molecule has 3 N–H and O–H groups in total. The third-order valence-electron chi connectivity index (χ3n) is 3.04. The molecule has 2 aromatic heterocycles. The molecule has 0 aliphatic rings. The fraction of sp³-hybridized carbons (Fsp3) is 0.500. The van der Waals surface area contributed by atoms with E-state index in [1.165, 1.54) is 20.7 Å². The van der Waals surface area contributed by atoms with Crippen LogP contribution in [-0.2, 0) is 0 Å². The van der Waals surface area contributed by atoms with Crippen LogP contribution >= 0.6 is 22.7 Å². The third-order valence-corrected chi connectivity index (χ3v) is 5.25. The van der Waals surface area contributed by atoms with Crippen LogP contribution in [0.15, 0.2) is 17.5 Å². The summed E-state index contributed by atoms with van der Waals surface area (Å²) >= 11 is 3.66. The number of hydrogen-bond acceptors (Lipinski definition) is 4. The quantitative estimate of drug-likeness (QED) is 0.627. The molecule has 0 spiro atoms. The first-order chi connectivity index (χ1) is 7.74. The van der Waals surface area contributed by atoms with E-state index in [-0.39, 0.29) is 0 Å². The van der Waals surface area contributed by atoms with E-state index in [0.29, 0.717) is 12.0 Å². The Hall–Kier alpha value is -0.420. The van der Waals surface area contributed by atoms with Crippen molar-refractivity contribution < 1.29 is 0 Å². The van der Waals surface area contributed by atoms with Crippen LogP contribution in [0.4, 0.5) is 0 Å². The Balaban J connectivity index is 2.17. The van der Waals surface area contributed by atoms with E-state index in [2.05, 4.69) is 36.8 Å². The van der Waals surface area contributed by atoms with Gasteiger partial charge in [-0.05, 0) is 29.9 Å². The van der Waals surface area contributed by atoms with Gasteiger partial charge in [-0.15, -0.1) is 22.7 Å². The van der Waals surface area contributed by atoms with E-state index >= 15 is 0 Å². The van der Waals surface area contributed by atoms with Gasteiger partial charge >= 0.3 is 0 Å². The molecule has 0 fully saturated rings. The van der Waals surface area contributed by atoms with Crippen molar-refractivity contribution >= 4 is 32.1 Å². The average Bonchev–Trinajstić information content (AvgIpc) is 2.85. The Morgan fingerprint density at radius 3 is 2.88 bits per heavy atom. The second-order valence-corrected chi connectivity index (χ2v) is 6.33. The molecule has 0 saturated carbocycles. The fourth-order valence-corrected chi connectivity index (χ4v) is 3.98. The Bertz CT molecular complexity index is 418. The summed E-state index contributed by atoms with van der Waals surface area (Å²) < 4.78 is 2.76. The summed E-state index contributed by atoms with van der Waals surface area (Å²) in [5.41, 5.74) is 2.95. The highest BCUT2D eigenvalue weighted by Crippen LogP contribution is 2.35. The minimum atomic E-state index is 0.305. The highest BCUT2D eigenvalue weighted by atomic mass is 32.1. The lowest BCUT2D eigenvalue weighted by atomic mass is 9.99. The second-order valence-electron chi connectivity index (χ2n) is 4.27. The lowest BCUT2D eigenvalue weighted by molar-refractivity contribution is 0.412. The van der Waals surface area contributed by atoms with Gasteiger partial charge in [0.2, 0.25) is 0 Å².